The molecule has 0 spiro atoms. The largest absolute Gasteiger partial charge is 0.342 e. The number of likely N-dealkylation sites (N-methyl/N-ethyl adjacent to an activating group) is 1. The predicted octanol–water partition coefficient (Wildman–Crippen LogP) is 1.36. The molecule has 0 saturated carbocycles. The lowest BCUT2D eigenvalue weighted by molar-refractivity contribution is -0.132. The number of carbonyl (C=O) groups excluding carboxylic acids is 1. The van der Waals surface area contributed by atoms with Crippen LogP contribution in [0.2, 0.25) is 0 Å². The first kappa shape index (κ1) is 16.6. The van der Waals surface area contributed by atoms with Crippen molar-refractivity contribution in [3.05, 3.63) is 30.1 Å². The summed E-state index contributed by atoms with van der Waals surface area (Å²) in [6.45, 7) is 6.16. The highest BCUT2D eigenvalue weighted by atomic mass is 32.2. The number of nitrogens with one attached hydrogen (secondary N) is 1. The lowest BCUT2D eigenvalue weighted by Gasteiger charge is -2.23. The fraction of sp³-hybridized carbons (Fsp3) is 0.462. The minimum Gasteiger partial charge on any atom is -0.342 e. The predicted molar refractivity (Wildman–Crippen MR) is 74.1 cm³/mol. The first-order valence-electron chi connectivity index (χ1n) is 6.38. The summed E-state index contributed by atoms with van der Waals surface area (Å²) in [5.41, 5.74) is 0. The first-order valence-corrected chi connectivity index (χ1v) is 7.86. The van der Waals surface area contributed by atoms with E-state index in [1.165, 1.54) is 11.8 Å². The number of nitrogens with zero attached hydrogens (tertiary/aromatic N) is 1. The van der Waals surface area contributed by atoms with Crippen LogP contribution in [0.3, 0.4) is 0 Å². The second-order valence-electron chi connectivity index (χ2n) is 4.31. The second-order valence-corrected chi connectivity index (χ2v) is 6.02. The summed E-state index contributed by atoms with van der Waals surface area (Å²) in [6.07, 6.45) is 0. The van der Waals surface area contributed by atoms with Gasteiger partial charge in [-0.3, -0.25) is 4.79 Å². The number of carbonyl (C=O) groups is 1. The number of amides is 1. The summed E-state index contributed by atoms with van der Waals surface area (Å²) in [7, 11) is -3.84. The summed E-state index contributed by atoms with van der Waals surface area (Å²) >= 11 is 0. The Morgan fingerprint density at radius 2 is 1.75 bits per heavy atom. The molecule has 1 aromatic rings. The minimum atomic E-state index is -3.84. The smallest absolute Gasteiger partial charge is 0.241 e. The molecule has 0 aliphatic rings. The molecular formula is C13H19FN2O3S. The molecule has 0 aliphatic heterocycles. The van der Waals surface area contributed by atoms with Crippen LogP contribution in [0.15, 0.2) is 29.2 Å². The molecule has 1 rings (SSSR count). The highest BCUT2D eigenvalue weighted by Gasteiger charge is 2.24. The molecule has 20 heavy (non-hydrogen) atoms. The van der Waals surface area contributed by atoms with Crippen LogP contribution in [0, 0.1) is 5.82 Å². The fourth-order valence-corrected chi connectivity index (χ4v) is 2.97. The molecule has 1 N–H and O–H groups in total. The van der Waals surface area contributed by atoms with Gasteiger partial charge in [-0.1, -0.05) is 0 Å². The van der Waals surface area contributed by atoms with Gasteiger partial charge in [-0.05, 0) is 45.0 Å². The highest BCUT2D eigenvalue weighted by molar-refractivity contribution is 7.89. The molecule has 0 heterocycles. The van der Waals surface area contributed by atoms with Crippen LogP contribution < -0.4 is 4.72 Å². The van der Waals surface area contributed by atoms with E-state index in [4.69, 9.17) is 0 Å². The van der Waals surface area contributed by atoms with Gasteiger partial charge in [-0.25, -0.2) is 12.8 Å². The van der Waals surface area contributed by atoms with Crippen molar-refractivity contribution in [1.29, 1.82) is 0 Å². The van der Waals surface area contributed by atoms with Crippen molar-refractivity contribution in [2.45, 2.75) is 31.7 Å². The molecular weight excluding hydrogens is 283 g/mol. The maximum atomic E-state index is 12.8. The molecule has 0 aromatic heterocycles. The van der Waals surface area contributed by atoms with Crippen molar-refractivity contribution in [3.63, 3.8) is 0 Å². The van der Waals surface area contributed by atoms with Crippen molar-refractivity contribution in [2.24, 2.45) is 0 Å². The summed E-state index contributed by atoms with van der Waals surface area (Å²) in [4.78, 5) is 13.5. The van der Waals surface area contributed by atoms with E-state index < -0.39 is 21.9 Å². The summed E-state index contributed by atoms with van der Waals surface area (Å²) in [6, 6.07) is 3.57. The second kappa shape index (κ2) is 6.81. The average molecular weight is 302 g/mol. The van der Waals surface area contributed by atoms with Crippen molar-refractivity contribution in [2.75, 3.05) is 13.1 Å². The van der Waals surface area contributed by atoms with Gasteiger partial charge in [0.2, 0.25) is 15.9 Å². The van der Waals surface area contributed by atoms with Crippen molar-refractivity contribution in [1.82, 2.24) is 9.62 Å². The Morgan fingerprint density at radius 1 is 1.25 bits per heavy atom. The topological polar surface area (TPSA) is 66.5 Å². The fourth-order valence-electron chi connectivity index (χ4n) is 1.77. The van der Waals surface area contributed by atoms with E-state index in [1.807, 2.05) is 13.8 Å². The Kier molecular flexibility index (Phi) is 5.64. The van der Waals surface area contributed by atoms with Gasteiger partial charge in [0, 0.05) is 13.1 Å². The Labute approximate surface area is 118 Å². The quantitative estimate of drug-likeness (QED) is 0.863. The Hall–Kier alpha value is -1.47. The van der Waals surface area contributed by atoms with Crippen LogP contribution in [0.1, 0.15) is 20.8 Å². The van der Waals surface area contributed by atoms with Gasteiger partial charge in [0.25, 0.3) is 0 Å². The average Bonchev–Trinajstić information content (AvgIpc) is 2.40. The van der Waals surface area contributed by atoms with Gasteiger partial charge < -0.3 is 4.90 Å². The normalized spacial score (nSPS) is 13.0. The van der Waals surface area contributed by atoms with Crippen molar-refractivity contribution >= 4 is 15.9 Å². The number of sulfonamides is 1. The zero-order valence-electron chi connectivity index (χ0n) is 11.8. The standard InChI is InChI=1S/C13H19FN2O3S/c1-4-16(5-2)13(17)10(3)15-20(18,19)12-8-6-11(14)7-9-12/h6-10,15H,4-5H2,1-3H3. The first-order chi connectivity index (χ1) is 9.31. The van der Waals surface area contributed by atoms with Gasteiger partial charge in [-0.15, -0.1) is 0 Å². The van der Waals surface area contributed by atoms with Gasteiger partial charge in [0.1, 0.15) is 5.82 Å². The third kappa shape index (κ3) is 4.01. The zero-order valence-corrected chi connectivity index (χ0v) is 12.6. The van der Waals surface area contributed by atoms with Gasteiger partial charge >= 0.3 is 0 Å². The van der Waals surface area contributed by atoms with Gasteiger partial charge in [0.05, 0.1) is 10.9 Å². The lowest BCUT2D eigenvalue weighted by Crippen LogP contribution is -2.46. The van der Waals surface area contributed by atoms with Crippen LogP contribution in [-0.4, -0.2) is 38.4 Å². The molecule has 0 radical (unpaired) electrons. The van der Waals surface area contributed by atoms with E-state index in [0.717, 1.165) is 24.3 Å². The Bertz CT molecular complexity index is 553. The molecule has 1 atom stereocenters. The van der Waals surface area contributed by atoms with E-state index in [-0.39, 0.29) is 10.8 Å². The highest BCUT2D eigenvalue weighted by Crippen LogP contribution is 2.10. The molecule has 0 fully saturated rings. The Balaban J connectivity index is 2.85. The number of hydrogen-bond donors (Lipinski definition) is 1. The molecule has 0 aliphatic carbocycles. The van der Waals surface area contributed by atoms with Gasteiger partial charge in [-0.2, -0.15) is 4.72 Å². The molecule has 0 bridgehead atoms. The van der Waals surface area contributed by atoms with E-state index in [2.05, 4.69) is 4.72 Å². The SMILES string of the molecule is CCN(CC)C(=O)C(C)NS(=O)(=O)c1ccc(F)cc1. The lowest BCUT2D eigenvalue weighted by atomic mass is 10.3. The van der Waals surface area contributed by atoms with E-state index in [9.17, 15) is 17.6 Å². The maximum absolute atomic E-state index is 12.8. The molecule has 1 aromatic carbocycles. The number of hydrogen-bond acceptors (Lipinski definition) is 3. The van der Waals surface area contributed by atoms with E-state index in [0.29, 0.717) is 13.1 Å². The molecule has 5 nitrogen and oxygen atoms in total. The summed E-state index contributed by atoms with van der Waals surface area (Å²) in [5, 5.41) is 0. The van der Waals surface area contributed by atoms with Crippen LogP contribution in [0.25, 0.3) is 0 Å². The third-order valence-electron chi connectivity index (χ3n) is 2.90. The van der Waals surface area contributed by atoms with Crippen molar-refractivity contribution in [3.8, 4) is 0 Å². The Morgan fingerprint density at radius 3 is 2.20 bits per heavy atom. The molecule has 7 heteroatoms. The third-order valence-corrected chi connectivity index (χ3v) is 4.46. The van der Waals surface area contributed by atoms with E-state index >= 15 is 0 Å². The van der Waals surface area contributed by atoms with Crippen LogP contribution in [0.5, 0.6) is 0 Å². The number of rotatable bonds is 6. The molecule has 1 unspecified atom stereocenters. The zero-order chi connectivity index (χ0) is 15.3. The van der Waals surface area contributed by atoms with Crippen LogP contribution >= 0.6 is 0 Å². The van der Waals surface area contributed by atoms with E-state index in [1.54, 1.807) is 0 Å². The van der Waals surface area contributed by atoms with Crippen LogP contribution in [0.4, 0.5) is 4.39 Å². The minimum absolute atomic E-state index is 0.0712. The molecule has 1 amide bonds. The number of halogens is 1. The maximum Gasteiger partial charge on any atom is 0.241 e. The van der Waals surface area contributed by atoms with Crippen LogP contribution in [-0.2, 0) is 14.8 Å². The summed E-state index contributed by atoms with van der Waals surface area (Å²) < 4.78 is 39.2. The number of benzene rings is 1. The monoisotopic (exact) mass is 302 g/mol. The van der Waals surface area contributed by atoms with Crippen molar-refractivity contribution < 1.29 is 17.6 Å². The summed E-state index contributed by atoms with van der Waals surface area (Å²) in [5.74, 6) is -0.808. The van der Waals surface area contributed by atoms with Gasteiger partial charge in [0.15, 0.2) is 0 Å². The molecule has 0 saturated heterocycles. The molecule has 112 valence electrons.